The molecule has 0 aliphatic carbocycles. The Morgan fingerprint density at radius 3 is 2.07 bits per heavy atom. The number of carboxylic acids is 1. The molecule has 0 radical (unpaired) electrons. The van der Waals surface area contributed by atoms with Gasteiger partial charge in [-0.15, -0.1) is 0 Å². The lowest BCUT2D eigenvalue weighted by Crippen LogP contribution is -2.70. The van der Waals surface area contributed by atoms with Gasteiger partial charge in [-0.2, -0.15) is 0 Å². The van der Waals surface area contributed by atoms with Crippen molar-refractivity contribution < 1.29 is 94.6 Å². The molecule has 3 fully saturated rings. The van der Waals surface area contributed by atoms with Gasteiger partial charge in [0.05, 0.1) is 32.0 Å². The summed E-state index contributed by atoms with van der Waals surface area (Å²) < 4.78 is 26.8. The number of ether oxygens (including phenoxy) is 5. The first-order valence-electron chi connectivity index (χ1n) is 13.2. The zero-order chi connectivity index (χ0) is 32.4. The quantitative estimate of drug-likeness (QED) is 0.100. The first-order valence-corrected chi connectivity index (χ1v) is 13.2. The molecule has 43 heavy (non-hydrogen) atoms. The molecule has 0 aromatic heterocycles. The minimum atomic E-state index is -3.02. The molecule has 0 aromatic rings. The minimum Gasteiger partial charge on any atom is -0.477 e. The van der Waals surface area contributed by atoms with Crippen molar-refractivity contribution in [3.63, 3.8) is 0 Å². The number of aliphatic hydroxyl groups excluding tert-OH is 11. The number of aliphatic hydroxyl groups is 11. The summed E-state index contributed by atoms with van der Waals surface area (Å²) in [5, 5.41) is 124. The van der Waals surface area contributed by atoms with Crippen LogP contribution in [-0.4, -0.2) is 191 Å². The molecular formula is C23H39NO19. The highest BCUT2D eigenvalue weighted by molar-refractivity contribution is 5.76. The summed E-state index contributed by atoms with van der Waals surface area (Å²) in [5.41, 5.74) is 0. The maximum atomic E-state index is 12.5. The van der Waals surface area contributed by atoms with Crippen molar-refractivity contribution in [3.05, 3.63) is 0 Å². The number of nitrogens with one attached hydrogen (secondary N) is 1. The number of carboxylic acid groups (broad SMARTS) is 1. The predicted molar refractivity (Wildman–Crippen MR) is 130 cm³/mol. The molecule has 1 amide bonds. The maximum absolute atomic E-state index is 12.5. The Balaban J connectivity index is 1.94. The van der Waals surface area contributed by atoms with E-state index in [1.807, 2.05) is 0 Å². The maximum Gasteiger partial charge on any atom is 0.364 e. The Bertz CT molecular complexity index is 942. The van der Waals surface area contributed by atoms with E-state index < -0.39 is 136 Å². The molecule has 16 atom stereocenters. The Labute approximate surface area is 243 Å². The van der Waals surface area contributed by atoms with Crippen LogP contribution in [0.4, 0.5) is 0 Å². The standard InChI is InChI=1S/C23H39NO19/c1-6(28)24-11-7(29)2-23(22(37)38,42-18(11)12(31)8(30)3-25)43-19-13(32)9(4-26)40-21(16(19)35)41-17-10(5-27)39-20(36)15(34)14(17)33/h7-21,25-27,29-36H,2-5H2,1H3,(H,24,28)(H,37,38)/t7-,8+,9+,10+,11+,12+,13-,14+,15+,16+,17+,18+,19-,20+,21+,23-/m0/s1. The van der Waals surface area contributed by atoms with Crippen molar-refractivity contribution in [2.24, 2.45) is 0 Å². The monoisotopic (exact) mass is 633 g/mol. The summed E-state index contributed by atoms with van der Waals surface area (Å²) in [6, 6.07) is -1.54. The van der Waals surface area contributed by atoms with Gasteiger partial charge in [0.2, 0.25) is 5.91 Å². The average molecular weight is 634 g/mol. The molecule has 13 N–H and O–H groups in total. The summed E-state index contributed by atoms with van der Waals surface area (Å²) in [6.45, 7) is -1.85. The first kappa shape index (κ1) is 35.8. The number of hydrogen-bond donors (Lipinski definition) is 13. The van der Waals surface area contributed by atoms with Crippen LogP contribution in [0.15, 0.2) is 0 Å². The highest BCUT2D eigenvalue weighted by atomic mass is 16.8. The molecule has 0 bridgehead atoms. The Kier molecular flexibility index (Phi) is 12.1. The van der Waals surface area contributed by atoms with Gasteiger partial charge in [0.25, 0.3) is 5.79 Å². The molecule has 0 spiro atoms. The summed E-state index contributed by atoms with van der Waals surface area (Å²) in [7, 11) is 0. The number of rotatable bonds is 11. The van der Waals surface area contributed by atoms with Crippen molar-refractivity contribution >= 4 is 11.9 Å². The van der Waals surface area contributed by atoms with Gasteiger partial charge in [0, 0.05) is 13.3 Å². The van der Waals surface area contributed by atoms with E-state index in [1.54, 1.807) is 0 Å². The molecule has 20 heteroatoms. The minimum absolute atomic E-state index is 0.749. The molecule has 250 valence electrons. The van der Waals surface area contributed by atoms with Crippen LogP contribution in [0.5, 0.6) is 0 Å². The Hall–Kier alpha value is -1.70. The third-order valence-corrected chi connectivity index (χ3v) is 7.47. The van der Waals surface area contributed by atoms with E-state index in [4.69, 9.17) is 23.7 Å². The van der Waals surface area contributed by atoms with Crippen LogP contribution in [0.3, 0.4) is 0 Å². The van der Waals surface area contributed by atoms with E-state index in [2.05, 4.69) is 5.32 Å². The van der Waals surface area contributed by atoms with Gasteiger partial charge < -0.3 is 90.3 Å². The van der Waals surface area contributed by atoms with Crippen LogP contribution < -0.4 is 5.32 Å². The smallest absolute Gasteiger partial charge is 0.364 e. The number of hydrogen-bond acceptors (Lipinski definition) is 18. The molecule has 0 saturated carbocycles. The largest absolute Gasteiger partial charge is 0.477 e. The van der Waals surface area contributed by atoms with Crippen LogP contribution in [-0.2, 0) is 33.3 Å². The van der Waals surface area contributed by atoms with Crippen molar-refractivity contribution in [3.8, 4) is 0 Å². The fourth-order valence-electron chi connectivity index (χ4n) is 5.16. The van der Waals surface area contributed by atoms with E-state index in [9.17, 15) is 70.9 Å². The second kappa shape index (κ2) is 14.6. The van der Waals surface area contributed by atoms with Crippen LogP contribution in [0.1, 0.15) is 13.3 Å². The fourth-order valence-corrected chi connectivity index (χ4v) is 5.16. The predicted octanol–water partition coefficient (Wildman–Crippen LogP) is -8.22. The van der Waals surface area contributed by atoms with Crippen LogP contribution >= 0.6 is 0 Å². The highest BCUT2D eigenvalue weighted by Crippen LogP contribution is 2.38. The Morgan fingerprint density at radius 1 is 0.907 bits per heavy atom. The van der Waals surface area contributed by atoms with Gasteiger partial charge in [-0.1, -0.05) is 0 Å². The molecule has 3 aliphatic heterocycles. The molecule has 3 rings (SSSR count). The fraction of sp³-hybridized carbons (Fsp3) is 0.913. The zero-order valence-electron chi connectivity index (χ0n) is 22.7. The normalized spacial score (nSPS) is 45.3. The van der Waals surface area contributed by atoms with Crippen molar-refractivity contribution in [1.29, 1.82) is 0 Å². The van der Waals surface area contributed by atoms with Gasteiger partial charge in [0.15, 0.2) is 12.6 Å². The summed E-state index contributed by atoms with van der Waals surface area (Å²) >= 11 is 0. The summed E-state index contributed by atoms with van der Waals surface area (Å²) in [4.78, 5) is 24.3. The van der Waals surface area contributed by atoms with Crippen LogP contribution in [0.2, 0.25) is 0 Å². The third-order valence-electron chi connectivity index (χ3n) is 7.47. The first-order chi connectivity index (χ1) is 20.1. The third kappa shape index (κ3) is 7.41. The Morgan fingerprint density at radius 2 is 1.53 bits per heavy atom. The zero-order valence-corrected chi connectivity index (χ0v) is 22.7. The molecular weight excluding hydrogens is 594 g/mol. The van der Waals surface area contributed by atoms with Crippen molar-refractivity contribution in [1.82, 2.24) is 5.32 Å². The highest BCUT2D eigenvalue weighted by Gasteiger charge is 2.60. The second-order valence-electron chi connectivity index (χ2n) is 10.5. The van der Waals surface area contributed by atoms with E-state index >= 15 is 0 Å². The van der Waals surface area contributed by atoms with Gasteiger partial charge >= 0.3 is 5.97 Å². The average Bonchev–Trinajstić information content (AvgIpc) is 2.96. The van der Waals surface area contributed by atoms with E-state index in [-0.39, 0.29) is 0 Å². The van der Waals surface area contributed by atoms with E-state index in [0.717, 1.165) is 6.92 Å². The van der Waals surface area contributed by atoms with Gasteiger partial charge in [0.1, 0.15) is 67.1 Å². The van der Waals surface area contributed by atoms with Gasteiger partial charge in [-0.3, -0.25) is 4.79 Å². The molecule has 20 nitrogen and oxygen atoms in total. The lowest BCUT2D eigenvalue weighted by molar-refractivity contribution is -0.385. The van der Waals surface area contributed by atoms with Crippen LogP contribution in [0, 0.1) is 0 Å². The number of amides is 1. The number of aliphatic carboxylic acids is 1. The molecule has 3 saturated heterocycles. The SMILES string of the molecule is CC(=O)N[C@H]1[C@H]([C@H](O)[C@H](O)CO)O[C@@](O[C@H]2[C@@H](O)[C@@H](CO)O[C@H](O[C@H]3[C@H](O)[C@@H](O)[C@H](O)O[C@@H]3CO)[C@@H]2O)(C(=O)O)C[C@@H]1O. The van der Waals surface area contributed by atoms with Crippen molar-refractivity contribution in [2.45, 2.75) is 111 Å². The molecule has 3 aliphatic rings. The van der Waals surface area contributed by atoms with Gasteiger partial charge in [-0.05, 0) is 0 Å². The van der Waals surface area contributed by atoms with E-state index in [1.165, 1.54) is 0 Å². The lowest BCUT2D eigenvalue weighted by atomic mass is 9.88. The second-order valence-corrected chi connectivity index (χ2v) is 10.5. The molecule has 3 heterocycles. The molecule has 0 unspecified atom stereocenters. The summed E-state index contributed by atoms with van der Waals surface area (Å²) in [5.74, 6) is -5.74. The number of carbonyl (C=O) groups is 2. The topological polar surface area (TPSA) is 335 Å². The van der Waals surface area contributed by atoms with E-state index in [0.29, 0.717) is 0 Å². The lowest BCUT2D eigenvalue weighted by Gasteiger charge is -2.50. The summed E-state index contributed by atoms with van der Waals surface area (Å²) in [6.07, 6.45) is -27.8. The van der Waals surface area contributed by atoms with Crippen LogP contribution in [0.25, 0.3) is 0 Å². The van der Waals surface area contributed by atoms with Crippen molar-refractivity contribution in [2.75, 3.05) is 19.8 Å². The molecule has 0 aromatic carbocycles. The number of carbonyl (C=O) groups excluding carboxylic acids is 1. The van der Waals surface area contributed by atoms with Gasteiger partial charge in [-0.25, -0.2) is 4.79 Å².